The molecule has 44 heavy (non-hydrogen) atoms. The molecule has 0 amide bonds. The molecular weight excluding hydrogens is 602 g/mol. The van der Waals surface area contributed by atoms with Gasteiger partial charge in [-0.2, -0.15) is 4.39 Å². The first-order chi connectivity index (χ1) is 21.2. The fourth-order valence-corrected chi connectivity index (χ4v) is 7.93. The first-order valence-corrected chi connectivity index (χ1v) is 17.0. The molecule has 0 unspecified atom stereocenters. The molecule has 4 heterocycles. The third kappa shape index (κ3) is 6.78. The molecule has 5 aromatic rings. The Kier molecular flexibility index (Phi) is 8.68. The second-order valence-electron chi connectivity index (χ2n) is 11.3. The summed E-state index contributed by atoms with van der Waals surface area (Å²) < 4.78 is 49.9. The quantitative estimate of drug-likeness (QED) is 0.199. The highest BCUT2D eigenvalue weighted by molar-refractivity contribution is 7.92. The molecule has 0 bridgehead atoms. The van der Waals surface area contributed by atoms with Crippen LogP contribution in [0, 0.1) is 11.0 Å². The highest BCUT2D eigenvalue weighted by Crippen LogP contribution is 2.29. The van der Waals surface area contributed by atoms with Crippen LogP contribution in [0.25, 0.3) is 21.8 Å². The lowest BCUT2D eigenvalue weighted by Gasteiger charge is -2.28. The Morgan fingerprint density at radius 2 is 1.89 bits per heavy atom. The van der Waals surface area contributed by atoms with E-state index in [1.54, 1.807) is 18.2 Å². The molecule has 0 radical (unpaired) electrons. The number of nitrogens with one attached hydrogen (secondary N) is 1. The molecule has 0 atom stereocenters. The van der Waals surface area contributed by atoms with Gasteiger partial charge in [-0.05, 0) is 97.7 Å². The summed E-state index contributed by atoms with van der Waals surface area (Å²) in [5, 5.41) is 2.06. The Bertz CT molecular complexity index is 1930. The highest BCUT2D eigenvalue weighted by Gasteiger charge is 2.23. The van der Waals surface area contributed by atoms with E-state index in [-0.39, 0.29) is 18.8 Å². The van der Waals surface area contributed by atoms with Gasteiger partial charge in [-0.15, -0.1) is 11.3 Å². The third-order valence-corrected chi connectivity index (χ3v) is 10.3. The number of rotatable bonds is 10. The zero-order valence-electron chi connectivity index (χ0n) is 24.3. The van der Waals surface area contributed by atoms with Crippen LogP contribution in [0.15, 0.2) is 66.7 Å². The minimum atomic E-state index is -3.83. The molecule has 1 aliphatic rings. The Morgan fingerprint density at radius 3 is 2.64 bits per heavy atom. The number of fused-ring (bicyclic) bond motifs is 2. The number of hydrogen-bond acceptors (Lipinski definition) is 8. The van der Waals surface area contributed by atoms with E-state index in [1.807, 2.05) is 41.0 Å². The van der Waals surface area contributed by atoms with Gasteiger partial charge < -0.3 is 19.9 Å². The Morgan fingerprint density at radius 1 is 1.09 bits per heavy atom. The zero-order valence-corrected chi connectivity index (χ0v) is 26.0. The first-order valence-electron chi connectivity index (χ1n) is 14.5. The number of hydrogen-bond donors (Lipinski definition) is 2. The maximum Gasteiger partial charge on any atom is 0.355 e. The summed E-state index contributed by atoms with van der Waals surface area (Å²) in [6, 6.07) is 19.4. The maximum absolute atomic E-state index is 13.6. The number of nitrogens with zero attached hydrogens (tertiary/aromatic N) is 3. The molecular formula is C32H34FN5O4S2. The predicted octanol–water partition coefficient (Wildman–Crippen LogP) is 5.34. The number of sulfonamides is 1. The van der Waals surface area contributed by atoms with E-state index in [0.717, 1.165) is 59.0 Å². The number of benzene rings is 2. The lowest BCUT2D eigenvalue weighted by Crippen LogP contribution is -2.32. The number of anilines is 1. The maximum atomic E-state index is 13.6. The van der Waals surface area contributed by atoms with Gasteiger partial charge in [0, 0.05) is 22.5 Å². The number of carbonyl (C=O) groups is 1. The summed E-state index contributed by atoms with van der Waals surface area (Å²) in [6.07, 6.45) is 1.95. The van der Waals surface area contributed by atoms with E-state index in [1.165, 1.54) is 12.1 Å². The van der Waals surface area contributed by atoms with Crippen molar-refractivity contribution < 1.29 is 22.3 Å². The standard InChI is InChI=1S/C32H34FN5O4S2/c1-37-12-10-21(11-13-37)19-42-32(39)29-16-23-6-7-25(17-34)35-31(23)38(29)18-24-15-26(14-22-4-2-3-5-28(22)24)36-44(40,41)20-27-8-9-30(33)43-27/h2-9,14-16,21,36H,10-13,17-20,34H2,1H3. The summed E-state index contributed by atoms with van der Waals surface area (Å²) in [5.74, 6) is -0.458. The molecule has 12 heteroatoms. The smallest absolute Gasteiger partial charge is 0.355 e. The van der Waals surface area contributed by atoms with E-state index < -0.39 is 21.1 Å². The van der Waals surface area contributed by atoms with Crippen molar-refractivity contribution in [1.82, 2.24) is 14.5 Å². The fourth-order valence-electron chi connectivity index (χ4n) is 5.69. The van der Waals surface area contributed by atoms with Crippen LogP contribution in [0.4, 0.5) is 10.1 Å². The molecule has 6 rings (SSSR count). The van der Waals surface area contributed by atoms with E-state index in [0.29, 0.717) is 40.1 Å². The molecule has 3 aromatic heterocycles. The molecule has 1 saturated heterocycles. The molecule has 0 saturated carbocycles. The van der Waals surface area contributed by atoms with Gasteiger partial charge in [0.1, 0.15) is 17.1 Å². The Labute approximate surface area is 259 Å². The molecule has 3 N–H and O–H groups in total. The van der Waals surface area contributed by atoms with E-state index >= 15 is 0 Å². The topological polar surface area (TPSA) is 120 Å². The zero-order chi connectivity index (χ0) is 30.8. The third-order valence-electron chi connectivity index (χ3n) is 8.02. The van der Waals surface area contributed by atoms with Gasteiger partial charge in [0.25, 0.3) is 0 Å². The van der Waals surface area contributed by atoms with Crippen molar-refractivity contribution in [3.63, 3.8) is 0 Å². The lowest BCUT2D eigenvalue weighted by atomic mass is 9.98. The highest BCUT2D eigenvalue weighted by atomic mass is 32.2. The number of piperidine rings is 1. The van der Waals surface area contributed by atoms with Crippen molar-refractivity contribution in [3.05, 3.63) is 93.7 Å². The number of carbonyl (C=O) groups excluding carboxylic acids is 1. The summed E-state index contributed by atoms with van der Waals surface area (Å²) in [4.78, 5) is 21.0. The van der Waals surface area contributed by atoms with Crippen LogP contribution >= 0.6 is 11.3 Å². The van der Waals surface area contributed by atoms with E-state index in [9.17, 15) is 17.6 Å². The van der Waals surface area contributed by atoms with Gasteiger partial charge in [0.05, 0.1) is 18.8 Å². The van der Waals surface area contributed by atoms with Crippen LogP contribution in [0.2, 0.25) is 0 Å². The lowest BCUT2D eigenvalue weighted by molar-refractivity contribution is 0.0373. The van der Waals surface area contributed by atoms with E-state index in [4.69, 9.17) is 15.5 Å². The molecule has 230 valence electrons. The average Bonchev–Trinajstić information content (AvgIpc) is 3.58. The van der Waals surface area contributed by atoms with Gasteiger partial charge >= 0.3 is 5.97 Å². The number of ether oxygens (including phenoxy) is 1. The second-order valence-corrected chi connectivity index (χ2v) is 14.1. The monoisotopic (exact) mass is 635 g/mol. The minimum Gasteiger partial charge on any atom is -0.461 e. The predicted molar refractivity (Wildman–Crippen MR) is 172 cm³/mol. The minimum absolute atomic E-state index is 0.232. The molecule has 1 fully saturated rings. The van der Waals surface area contributed by atoms with E-state index in [2.05, 4.69) is 16.7 Å². The molecule has 9 nitrogen and oxygen atoms in total. The summed E-state index contributed by atoms with van der Waals surface area (Å²) in [5.41, 5.74) is 8.70. The van der Waals surface area contributed by atoms with Gasteiger partial charge in [-0.3, -0.25) is 4.72 Å². The number of esters is 1. The number of thiophene rings is 1. The average molecular weight is 636 g/mol. The number of nitrogens with two attached hydrogens (primary N) is 1. The summed E-state index contributed by atoms with van der Waals surface area (Å²) >= 11 is 0.804. The van der Waals surface area contributed by atoms with Crippen molar-refractivity contribution in [1.29, 1.82) is 0 Å². The van der Waals surface area contributed by atoms with Crippen LogP contribution in [0.3, 0.4) is 0 Å². The van der Waals surface area contributed by atoms with Crippen molar-refractivity contribution in [2.75, 3.05) is 31.5 Å². The molecule has 0 aliphatic carbocycles. The fraction of sp³-hybridized carbons (Fsp3) is 0.312. The van der Waals surface area contributed by atoms with Crippen LogP contribution in [0.1, 0.15) is 39.5 Å². The van der Waals surface area contributed by atoms with Gasteiger partial charge in [-0.1, -0.05) is 24.3 Å². The van der Waals surface area contributed by atoms with Crippen LogP contribution in [-0.2, 0) is 33.6 Å². The normalized spacial score (nSPS) is 14.8. The van der Waals surface area contributed by atoms with Crippen molar-refractivity contribution in [3.8, 4) is 0 Å². The summed E-state index contributed by atoms with van der Waals surface area (Å²) in [6.45, 7) is 2.78. The number of aromatic nitrogens is 2. The SMILES string of the molecule is CN1CCC(COC(=O)c2cc3ccc(CN)nc3n2Cc2cc(NS(=O)(=O)Cc3ccc(F)s3)cc3ccccc23)CC1. The number of halogens is 1. The Balaban J connectivity index is 1.35. The van der Waals surface area contributed by atoms with Gasteiger partial charge in [0.15, 0.2) is 5.13 Å². The van der Waals surface area contributed by atoms with Crippen LogP contribution in [0.5, 0.6) is 0 Å². The largest absolute Gasteiger partial charge is 0.461 e. The van der Waals surface area contributed by atoms with Crippen molar-refractivity contribution >= 4 is 54.8 Å². The summed E-state index contributed by atoms with van der Waals surface area (Å²) in [7, 11) is -1.73. The second kappa shape index (κ2) is 12.6. The van der Waals surface area contributed by atoms with Crippen LogP contribution < -0.4 is 10.5 Å². The van der Waals surface area contributed by atoms with Crippen molar-refractivity contribution in [2.45, 2.75) is 31.7 Å². The van der Waals surface area contributed by atoms with Gasteiger partial charge in [-0.25, -0.2) is 18.2 Å². The molecule has 2 aromatic carbocycles. The van der Waals surface area contributed by atoms with Gasteiger partial charge in [0.2, 0.25) is 10.0 Å². The Hall–Kier alpha value is -3.84. The number of pyridine rings is 1. The molecule has 1 aliphatic heterocycles. The first kappa shape index (κ1) is 30.2. The van der Waals surface area contributed by atoms with Crippen LogP contribution in [-0.4, -0.2) is 55.6 Å². The molecule has 0 spiro atoms. The van der Waals surface area contributed by atoms with Crippen molar-refractivity contribution in [2.24, 2.45) is 11.7 Å². The number of likely N-dealkylation sites (tertiary alicyclic amines) is 1.